The highest BCUT2D eigenvalue weighted by Gasteiger charge is 2.34. The summed E-state index contributed by atoms with van der Waals surface area (Å²) < 4.78 is 0. The summed E-state index contributed by atoms with van der Waals surface area (Å²) in [5, 5.41) is 18.2. The molecule has 0 aromatic heterocycles. The SMILES string of the molecule is N#Cc1ccccc1C=C(C(=O)O)N1C(=O)CCC1=O. The first-order valence-electron chi connectivity index (χ1n) is 5.84. The molecule has 1 aromatic rings. The average Bonchev–Trinajstić information content (AvgIpc) is 2.76. The normalized spacial score (nSPS) is 15.3. The fourth-order valence-electron chi connectivity index (χ4n) is 1.94. The number of amides is 2. The van der Waals surface area contributed by atoms with Crippen molar-refractivity contribution in [1.29, 1.82) is 5.26 Å². The Balaban J connectivity index is 2.52. The van der Waals surface area contributed by atoms with Gasteiger partial charge in [-0.1, -0.05) is 18.2 Å². The molecule has 1 aliphatic rings. The first-order valence-corrected chi connectivity index (χ1v) is 5.84. The molecule has 0 saturated carbocycles. The summed E-state index contributed by atoms with van der Waals surface area (Å²) in [5.41, 5.74) is 0.186. The van der Waals surface area contributed by atoms with E-state index in [1.54, 1.807) is 18.2 Å². The second-order valence-corrected chi connectivity index (χ2v) is 4.16. The molecule has 0 aliphatic carbocycles. The van der Waals surface area contributed by atoms with Crippen LogP contribution in [0.5, 0.6) is 0 Å². The number of hydrogen-bond acceptors (Lipinski definition) is 4. The number of imide groups is 1. The van der Waals surface area contributed by atoms with Crippen LogP contribution in [0.1, 0.15) is 24.0 Å². The monoisotopic (exact) mass is 270 g/mol. The molecule has 1 saturated heterocycles. The highest BCUT2D eigenvalue weighted by atomic mass is 16.4. The quantitative estimate of drug-likeness (QED) is 0.655. The molecule has 1 heterocycles. The molecular weight excluding hydrogens is 260 g/mol. The molecule has 1 N–H and O–H groups in total. The Labute approximate surface area is 114 Å². The van der Waals surface area contributed by atoms with Gasteiger partial charge in [0, 0.05) is 12.8 Å². The lowest BCUT2D eigenvalue weighted by molar-refractivity contribution is -0.143. The van der Waals surface area contributed by atoms with Gasteiger partial charge in [0.1, 0.15) is 5.70 Å². The number of hydrogen-bond donors (Lipinski definition) is 1. The number of aliphatic carboxylic acids is 1. The van der Waals surface area contributed by atoms with Gasteiger partial charge in [0.2, 0.25) is 11.8 Å². The Kier molecular flexibility index (Phi) is 3.62. The number of carbonyl (C=O) groups excluding carboxylic acids is 2. The van der Waals surface area contributed by atoms with Crippen molar-refractivity contribution in [3.8, 4) is 6.07 Å². The number of benzene rings is 1. The Morgan fingerprint density at radius 3 is 2.40 bits per heavy atom. The van der Waals surface area contributed by atoms with Crippen LogP contribution >= 0.6 is 0 Å². The molecule has 1 aromatic carbocycles. The first kappa shape index (κ1) is 13.5. The molecule has 100 valence electrons. The van der Waals surface area contributed by atoms with Gasteiger partial charge in [0.05, 0.1) is 11.6 Å². The van der Waals surface area contributed by atoms with E-state index in [0.717, 1.165) is 0 Å². The average molecular weight is 270 g/mol. The number of carboxylic acid groups (broad SMARTS) is 1. The molecule has 0 unspecified atom stereocenters. The van der Waals surface area contributed by atoms with Crippen molar-refractivity contribution in [2.45, 2.75) is 12.8 Å². The number of likely N-dealkylation sites (tertiary alicyclic amines) is 1. The van der Waals surface area contributed by atoms with Gasteiger partial charge in [-0.2, -0.15) is 5.26 Å². The van der Waals surface area contributed by atoms with E-state index >= 15 is 0 Å². The zero-order chi connectivity index (χ0) is 14.7. The molecule has 6 nitrogen and oxygen atoms in total. The van der Waals surface area contributed by atoms with Crippen molar-refractivity contribution in [2.24, 2.45) is 0 Å². The van der Waals surface area contributed by atoms with Gasteiger partial charge in [0.25, 0.3) is 0 Å². The van der Waals surface area contributed by atoms with E-state index in [1.165, 1.54) is 12.1 Å². The minimum atomic E-state index is -1.39. The van der Waals surface area contributed by atoms with E-state index in [2.05, 4.69) is 0 Å². The molecule has 0 bridgehead atoms. The van der Waals surface area contributed by atoms with Crippen molar-refractivity contribution in [2.75, 3.05) is 0 Å². The Morgan fingerprint density at radius 2 is 1.85 bits per heavy atom. The third kappa shape index (κ3) is 2.42. The molecule has 1 aliphatic heterocycles. The Bertz CT molecular complexity index is 654. The van der Waals surface area contributed by atoms with E-state index in [0.29, 0.717) is 10.5 Å². The molecule has 1 fully saturated rings. The van der Waals surface area contributed by atoms with Crippen LogP contribution in [-0.4, -0.2) is 27.8 Å². The van der Waals surface area contributed by atoms with Crippen LogP contribution in [0.15, 0.2) is 30.0 Å². The zero-order valence-electron chi connectivity index (χ0n) is 10.4. The molecular formula is C14H10N2O4. The van der Waals surface area contributed by atoms with Crippen LogP contribution in [0.2, 0.25) is 0 Å². The third-order valence-electron chi connectivity index (χ3n) is 2.89. The van der Waals surface area contributed by atoms with E-state index in [-0.39, 0.29) is 18.4 Å². The summed E-state index contributed by atoms with van der Waals surface area (Å²) in [5.74, 6) is -2.47. The molecule has 0 spiro atoms. The van der Waals surface area contributed by atoms with Gasteiger partial charge in [-0.05, 0) is 17.7 Å². The van der Waals surface area contributed by atoms with Crippen molar-refractivity contribution in [3.63, 3.8) is 0 Å². The number of nitriles is 1. The number of carboxylic acids is 1. The smallest absolute Gasteiger partial charge is 0.353 e. The minimum absolute atomic E-state index is 0.00332. The van der Waals surface area contributed by atoms with Crippen LogP contribution in [0.25, 0.3) is 6.08 Å². The van der Waals surface area contributed by atoms with Crippen LogP contribution in [0.3, 0.4) is 0 Å². The van der Waals surface area contributed by atoms with Gasteiger partial charge in [0.15, 0.2) is 0 Å². The fourth-order valence-corrected chi connectivity index (χ4v) is 1.94. The summed E-state index contributed by atoms with van der Waals surface area (Å²) >= 11 is 0. The predicted octanol–water partition coefficient (Wildman–Crippen LogP) is 1.13. The Morgan fingerprint density at radius 1 is 1.25 bits per heavy atom. The van der Waals surface area contributed by atoms with E-state index in [4.69, 9.17) is 5.26 Å². The van der Waals surface area contributed by atoms with E-state index in [1.807, 2.05) is 6.07 Å². The number of carbonyl (C=O) groups is 3. The second-order valence-electron chi connectivity index (χ2n) is 4.16. The largest absolute Gasteiger partial charge is 0.477 e. The van der Waals surface area contributed by atoms with Gasteiger partial charge in [-0.15, -0.1) is 0 Å². The number of nitrogens with zero attached hydrogens (tertiary/aromatic N) is 2. The maximum Gasteiger partial charge on any atom is 0.353 e. The highest BCUT2D eigenvalue weighted by molar-refractivity contribution is 6.10. The zero-order valence-corrected chi connectivity index (χ0v) is 10.4. The van der Waals surface area contributed by atoms with Gasteiger partial charge < -0.3 is 5.11 Å². The standard InChI is InChI=1S/C14H10N2O4/c15-8-10-4-2-1-3-9(10)7-11(14(19)20)16-12(17)5-6-13(16)18/h1-4,7H,5-6H2,(H,19,20). The van der Waals surface area contributed by atoms with Crippen LogP contribution in [0, 0.1) is 11.3 Å². The third-order valence-corrected chi connectivity index (χ3v) is 2.89. The summed E-state index contributed by atoms with van der Waals surface area (Å²) in [6.45, 7) is 0. The molecule has 6 heteroatoms. The first-order chi connectivity index (χ1) is 9.54. The molecule has 0 radical (unpaired) electrons. The minimum Gasteiger partial charge on any atom is -0.477 e. The highest BCUT2D eigenvalue weighted by Crippen LogP contribution is 2.21. The maximum absolute atomic E-state index is 11.6. The van der Waals surface area contributed by atoms with Crippen molar-refractivity contribution < 1.29 is 19.5 Å². The summed E-state index contributed by atoms with van der Waals surface area (Å²) in [7, 11) is 0. The van der Waals surface area contributed by atoms with Crippen LogP contribution < -0.4 is 0 Å². The van der Waals surface area contributed by atoms with Crippen LogP contribution in [0.4, 0.5) is 0 Å². The second kappa shape index (κ2) is 5.36. The molecule has 2 rings (SSSR count). The number of rotatable bonds is 3. The molecule has 0 atom stereocenters. The topological polar surface area (TPSA) is 98.5 Å². The van der Waals surface area contributed by atoms with Crippen molar-refractivity contribution in [3.05, 3.63) is 41.1 Å². The van der Waals surface area contributed by atoms with Gasteiger partial charge >= 0.3 is 5.97 Å². The molecule has 2 amide bonds. The summed E-state index contributed by atoms with van der Waals surface area (Å²) in [6, 6.07) is 8.28. The fraction of sp³-hybridized carbons (Fsp3) is 0.143. The van der Waals surface area contributed by atoms with Crippen molar-refractivity contribution >= 4 is 23.9 Å². The van der Waals surface area contributed by atoms with Crippen LogP contribution in [-0.2, 0) is 14.4 Å². The lowest BCUT2D eigenvalue weighted by Crippen LogP contribution is -2.32. The maximum atomic E-state index is 11.6. The molecule has 20 heavy (non-hydrogen) atoms. The lowest BCUT2D eigenvalue weighted by Gasteiger charge is -2.14. The van der Waals surface area contributed by atoms with Crippen molar-refractivity contribution in [1.82, 2.24) is 4.90 Å². The predicted molar refractivity (Wildman–Crippen MR) is 67.9 cm³/mol. The lowest BCUT2D eigenvalue weighted by atomic mass is 10.1. The van der Waals surface area contributed by atoms with Gasteiger partial charge in [-0.3, -0.25) is 9.59 Å². The Hall–Kier alpha value is -2.94. The van der Waals surface area contributed by atoms with Gasteiger partial charge in [-0.25, -0.2) is 9.69 Å². The summed E-state index contributed by atoms with van der Waals surface area (Å²) in [6.07, 6.45) is 1.18. The van der Waals surface area contributed by atoms with E-state index in [9.17, 15) is 19.5 Å². The van der Waals surface area contributed by atoms with E-state index < -0.39 is 23.5 Å². The summed E-state index contributed by atoms with van der Waals surface area (Å²) in [4.78, 5) is 35.2.